The lowest BCUT2D eigenvalue weighted by molar-refractivity contribution is -0.255. The summed E-state index contributed by atoms with van der Waals surface area (Å²) in [4.78, 5) is 22.4. The van der Waals surface area contributed by atoms with Gasteiger partial charge in [0.1, 0.15) is 0 Å². The predicted octanol–water partition coefficient (Wildman–Crippen LogP) is -1.74. The van der Waals surface area contributed by atoms with Crippen molar-refractivity contribution in [1.82, 2.24) is 0 Å². The highest BCUT2D eigenvalue weighted by atomic mass is 16.4. The lowest BCUT2D eigenvalue weighted by Gasteiger charge is -2.20. The maximum atomic E-state index is 11.3. The first-order valence-electron chi connectivity index (χ1n) is 6.32. The smallest absolute Gasteiger partial charge is 0.0721 e. The number of carbonyl (C=O) groups excluding carboxylic acids is 2. The number of carbonyl (C=O) groups is 2. The van der Waals surface area contributed by atoms with Crippen LogP contribution in [0.5, 0.6) is 0 Å². The molecule has 0 spiro atoms. The molecule has 0 aromatic heterocycles. The van der Waals surface area contributed by atoms with Gasteiger partial charge in [-0.05, 0) is 36.8 Å². The van der Waals surface area contributed by atoms with Crippen molar-refractivity contribution in [3.63, 3.8) is 0 Å². The van der Waals surface area contributed by atoms with Gasteiger partial charge in [-0.25, -0.2) is 0 Å². The summed E-state index contributed by atoms with van der Waals surface area (Å²) in [6.45, 7) is -0.277. The van der Waals surface area contributed by atoms with Crippen LogP contribution in [0.3, 0.4) is 0 Å². The second kappa shape index (κ2) is 7.62. The lowest BCUT2D eigenvalue weighted by Crippen LogP contribution is -2.30. The molecule has 20 heavy (non-hydrogen) atoms. The Morgan fingerprint density at radius 3 is 2.05 bits per heavy atom. The maximum Gasteiger partial charge on any atom is 0.0721 e. The lowest BCUT2D eigenvalue weighted by atomic mass is 9.91. The molecule has 1 aromatic rings. The molecule has 0 aliphatic rings. The number of aliphatic hydroxyl groups excluding tert-OH is 2. The minimum Gasteiger partial charge on any atom is -0.545 e. The minimum absolute atomic E-state index is 0.0965. The summed E-state index contributed by atoms with van der Waals surface area (Å²) in [7, 11) is 0. The SMILES string of the molecule is O=C([O-])c1ccc(CCCO)c(C(=O)[O-])c1CCCO. The van der Waals surface area contributed by atoms with Gasteiger partial charge in [-0.15, -0.1) is 0 Å². The number of hydrogen-bond acceptors (Lipinski definition) is 6. The number of aromatic carboxylic acids is 2. The fraction of sp³-hybridized carbons (Fsp3) is 0.429. The zero-order chi connectivity index (χ0) is 15.1. The largest absolute Gasteiger partial charge is 0.545 e. The molecule has 0 atom stereocenters. The van der Waals surface area contributed by atoms with E-state index in [2.05, 4.69) is 0 Å². The molecule has 0 radical (unpaired) electrons. The summed E-state index contributed by atoms with van der Waals surface area (Å²) in [5.74, 6) is -2.93. The number of rotatable bonds is 8. The Morgan fingerprint density at radius 1 is 0.950 bits per heavy atom. The Bertz CT molecular complexity index is 495. The molecular weight excluding hydrogens is 264 g/mol. The summed E-state index contributed by atoms with van der Waals surface area (Å²) < 4.78 is 0. The molecule has 0 bridgehead atoms. The Labute approximate surface area is 116 Å². The van der Waals surface area contributed by atoms with Gasteiger partial charge in [0.25, 0.3) is 0 Å². The van der Waals surface area contributed by atoms with Gasteiger partial charge < -0.3 is 30.0 Å². The van der Waals surface area contributed by atoms with E-state index in [1.807, 2.05) is 0 Å². The molecule has 0 aliphatic heterocycles. The summed E-state index contributed by atoms with van der Waals surface area (Å²) in [6, 6.07) is 2.69. The van der Waals surface area contributed by atoms with Crippen LogP contribution in [0.2, 0.25) is 0 Å². The number of carboxylic acid groups (broad SMARTS) is 2. The fourth-order valence-corrected chi connectivity index (χ4v) is 2.14. The van der Waals surface area contributed by atoms with Crippen LogP contribution in [0.4, 0.5) is 0 Å². The van der Waals surface area contributed by atoms with Crippen molar-refractivity contribution in [2.24, 2.45) is 0 Å². The number of aryl methyl sites for hydroxylation is 1. The topological polar surface area (TPSA) is 121 Å². The molecule has 0 aliphatic carbocycles. The zero-order valence-electron chi connectivity index (χ0n) is 10.9. The zero-order valence-corrected chi connectivity index (χ0v) is 10.9. The van der Waals surface area contributed by atoms with Crippen LogP contribution in [0, 0.1) is 0 Å². The second-order valence-electron chi connectivity index (χ2n) is 4.36. The Morgan fingerprint density at radius 2 is 1.55 bits per heavy atom. The molecule has 0 heterocycles. The average molecular weight is 280 g/mol. The molecular formula is C14H16O6-2. The summed E-state index contributed by atoms with van der Waals surface area (Å²) in [5, 5.41) is 40.0. The normalized spacial score (nSPS) is 10.5. The molecule has 110 valence electrons. The highest BCUT2D eigenvalue weighted by Crippen LogP contribution is 2.22. The third-order valence-corrected chi connectivity index (χ3v) is 3.01. The highest BCUT2D eigenvalue weighted by Gasteiger charge is 2.14. The maximum absolute atomic E-state index is 11.3. The minimum atomic E-state index is -1.46. The molecule has 6 nitrogen and oxygen atoms in total. The molecule has 2 N–H and O–H groups in total. The van der Waals surface area contributed by atoms with Crippen LogP contribution in [-0.4, -0.2) is 35.4 Å². The first-order chi connectivity index (χ1) is 9.52. The quantitative estimate of drug-likeness (QED) is 0.583. The second-order valence-corrected chi connectivity index (χ2v) is 4.36. The molecule has 0 unspecified atom stereocenters. The Kier molecular flexibility index (Phi) is 6.14. The van der Waals surface area contributed by atoms with Gasteiger partial charge in [0.05, 0.1) is 11.9 Å². The van der Waals surface area contributed by atoms with E-state index in [9.17, 15) is 19.8 Å². The van der Waals surface area contributed by atoms with Crippen molar-refractivity contribution in [3.05, 3.63) is 34.4 Å². The molecule has 0 amide bonds. The van der Waals surface area contributed by atoms with Gasteiger partial charge in [0.15, 0.2) is 0 Å². The van der Waals surface area contributed by atoms with E-state index in [0.717, 1.165) is 0 Å². The number of hydrogen-bond donors (Lipinski definition) is 2. The van der Waals surface area contributed by atoms with Crippen molar-refractivity contribution >= 4 is 11.9 Å². The molecule has 6 heteroatoms. The van der Waals surface area contributed by atoms with Crippen molar-refractivity contribution < 1.29 is 30.0 Å². The van der Waals surface area contributed by atoms with E-state index < -0.39 is 11.9 Å². The van der Waals surface area contributed by atoms with Crippen LogP contribution in [0.1, 0.15) is 44.7 Å². The van der Waals surface area contributed by atoms with Crippen molar-refractivity contribution in [2.45, 2.75) is 25.7 Å². The van der Waals surface area contributed by atoms with Crippen molar-refractivity contribution in [3.8, 4) is 0 Å². The third-order valence-electron chi connectivity index (χ3n) is 3.01. The van der Waals surface area contributed by atoms with Crippen LogP contribution in [-0.2, 0) is 12.8 Å². The van der Waals surface area contributed by atoms with Crippen molar-refractivity contribution in [1.29, 1.82) is 0 Å². The van der Waals surface area contributed by atoms with E-state index in [1.54, 1.807) is 0 Å². The van der Waals surface area contributed by atoms with Gasteiger partial charge in [0.2, 0.25) is 0 Å². The molecule has 1 rings (SSSR count). The molecule has 0 saturated carbocycles. The van der Waals surface area contributed by atoms with E-state index in [4.69, 9.17) is 10.2 Å². The highest BCUT2D eigenvalue weighted by molar-refractivity contribution is 5.96. The van der Waals surface area contributed by atoms with E-state index in [1.165, 1.54) is 12.1 Å². The molecule has 0 saturated heterocycles. The van der Waals surface area contributed by atoms with Gasteiger partial charge in [-0.3, -0.25) is 0 Å². The van der Waals surface area contributed by atoms with E-state index >= 15 is 0 Å². The molecule has 0 fully saturated rings. The monoisotopic (exact) mass is 280 g/mol. The number of aliphatic hydroxyl groups is 2. The predicted molar refractivity (Wildman–Crippen MR) is 65.9 cm³/mol. The third kappa shape index (κ3) is 3.79. The standard InChI is InChI=1S/C14H18O6/c15-7-1-3-9-5-6-11(13(17)18)10(4-2-8-16)12(9)14(19)20/h5-6,15-16H,1-4,7-8H2,(H,17,18)(H,19,20)/p-2. The van der Waals surface area contributed by atoms with Crippen LogP contribution < -0.4 is 10.2 Å². The van der Waals surface area contributed by atoms with Gasteiger partial charge in [0, 0.05) is 24.3 Å². The van der Waals surface area contributed by atoms with Crippen molar-refractivity contribution in [2.75, 3.05) is 13.2 Å². The Hall–Kier alpha value is -1.92. The van der Waals surface area contributed by atoms with Gasteiger partial charge in [-0.1, -0.05) is 12.1 Å². The fourth-order valence-electron chi connectivity index (χ4n) is 2.14. The van der Waals surface area contributed by atoms with E-state index in [-0.39, 0.29) is 42.7 Å². The summed E-state index contributed by atoms with van der Waals surface area (Å²) >= 11 is 0. The average Bonchev–Trinajstić information content (AvgIpc) is 2.41. The first kappa shape index (κ1) is 16.1. The summed E-state index contributed by atoms with van der Waals surface area (Å²) in [5.41, 5.74) is 0.144. The molecule has 1 aromatic carbocycles. The number of benzene rings is 1. The van der Waals surface area contributed by atoms with Gasteiger partial charge in [-0.2, -0.15) is 0 Å². The van der Waals surface area contributed by atoms with Gasteiger partial charge >= 0.3 is 0 Å². The van der Waals surface area contributed by atoms with Crippen LogP contribution in [0.15, 0.2) is 12.1 Å². The first-order valence-corrected chi connectivity index (χ1v) is 6.32. The Balaban J connectivity index is 3.35. The van der Waals surface area contributed by atoms with E-state index in [0.29, 0.717) is 18.4 Å². The number of carboxylic acids is 2. The van der Waals surface area contributed by atoms with Crippen LogP contribution in [0.25, 0.3) is 0 Å². The van der Waals surface area contributed by atoms with Crippen LogP contribution >= 0.6 is 0 Å². The summed E-state index contributed by atoms with van der Waals surface area (Å²) in [6.07, 6.45) is 1.02.